The van der Waals surface area contributed by atoms with Crippen LogP contribution in [0.15, 0.2) is 79.1 Å². The third-order valence-electron chi connectivity index (χ3n) is 7.42. The maximum Gasteiger partial charge on any atom is 0.254 e. The monoisotopic (exact) mass is 631 g/mol. The second-order valence-electron chi connectivity index (χ2n) is 12.6. The number of aromatic nitrogens is 1. The van der Waals surface area contributed by atoms with Gasteiger partial charge in [0.05, 0.1) is 23.0 Å². The van der Waals surface area contributed by atoms with Crippen LogP contribution < -0.4 is 16.0 Å². The van der Waals surface area contributed by atoms with Crippen LogP contribution in [-0.4, -0.2) is 73.0 Å². The van der Waals surface area contributed by atoms with Gasteiger partial charge in [-0.05, 0) is 70.4 Å². The van der Waals surface area contributed by atoms with Gasteiger partial charge >= 0.3 is 0 Å². The Morgan fingerprint density at radius 3 is 2.20 bits per heavy atom. The van der Waals surface area contributed by atoms with E-state index in [1.165, 1.54) is 22.7 Å². The predicted molar refractivity (Wildman–Crippen MR) is 174 cm³/mol. The van der Waals surface area contributed by atoms with Gasteiger partial charge in [-0.1, -0.05) is 48.5 Å². The quantitative estimate of drug-likeness (QED) is 0.269. The van der Waals surface area contributed by atoms with Gasteiger partial charge < -0.3 is 26.0 Å². The lowest BCUT2D eigenvalue weighted by molar-refractivity contribution is -0.147. The number of carbonyl (C=O) groups is 4. The summed E-state index contributed by atoms with van der Waals surface area (Å²) in [6, 6.07) is 17.3. The number of rotatable bonds is 10. The van der Waals surface area contributed by atoms with E-state index in [0.29, 0.717) is 0 Å². The Labute approximate surface area is 268 Å². The van der Waals surface area contributed by atoms with Crippen LogP contribution in [0, 0.1) is 0 Å². The van der Waals surface area contributed by atoms with E-state index < -0.39 is 46.2 Å². The molecule has 0 unspecified atom stereocenters. The normalized spacial score (nSPS) is 17.2. The molecule has 4 N–H and O–H groups in total. The fraction of sp³-hybridized carbons (Fsp3) is 0.382. The van der Waals surface area contributed by atoms with Crippen LogP contribution in [0.25, 0.3) is 0 Å². The molecule has 11 heteroatoms. The Balaban J connectivity index is 1.58. The van der Waals surface area contributed by atoms with Crippen molar-refractivity contribution in [1.29, 1.82) is 0 Å². The van der Waals surface area contributed by atoms with E-state index in [0.717, 1.165) is 11.1 Å². The number of hydrogen-bond acceptors (Lipinski definition) is 7. The third kappa shape index (κ3) is 8.70. The smallest absolute Gasteiger partial charge is 0.254 e. The predicted octanol–water partition coefficient (Wildman–Crippen LogP) is 3.31. The first-order valence-electron chi connectivity index (χ1n) is 14.8. The molecule has 0 saturated carbocycles. The number of thioether (sulfide) groups is 1. The van der Waals surface area contributed by atoms with E-state index in [9.17, 15) is 24.3 Å². The Bertz CT molecular complexity index is 1510. The zero-order valence-corrected chi connectivity index (χ0v) is 27.1. The Morgan fingerprint density at radius 1 is 0.956 bits per heavy atom. The molecular formula is C34H41N5O5S. The number of carbonyl (C=O) groups excluding carboxylic acids is 4. The van der Waals surface area contributed by atoms with E-state index in [1.807, 2.05) is 71.0 Å². The van der Waals surface area contributed by atoms with Crippen LogP contribution in [-0.2, 0) is 22.6 Å². The number of aliphatic hydroxyl groups is 1. The fourth-order valence-electron chi connectivity index (χ4n) is 5.21. The van der Waals surface area contributed by atoms with Crippen molar-refractivity contribution in [2.45, 2.75) is 76.1 Å². The lowest BCUT2D eigenvalue weighted by Crippen LogP contribution is -2.60. The van der Waals surface area contributed by atoms with Crippen LogP contribution >= 0.6 is 11.8 Å². The van der Waals surface area contributed by atoms with E-state index in [1.54, 1.807) is 36.7 Å². The van der Waals surface area contributed by atoms with Crippen LogP contribution in [0.5, 0.6) is 0 Å². The van der Waals surface area contributed by atoms with Gasteiger partial charge in [0.15, 0.2) is 6.10 Å². The van der Waals surface area contributed by atoms with Crippen molar-refractivity contribution in [2.75, 3.05) is 5.88 Å². The molecular weight excluding hydrogens is 590 g/mol. The highest BCUT2D eigenvalue weighted by Crippen LogP contribution is 2.40. The van der Waals surface area contributed by atoms with Crippen molar-refractivity contribution < 1.29 is 24.3 Å². The minimum Gasteiger partial charge on any atom is -0.381 e. The summed E-state index contributed by atoms with van der Waals surface area (Å²) < 4.78 is -0.606. The van der Waals surface area contributed by atoms with E-state index >= 15 is 0 Å². The number of benzene rings is 2. The van der Waals surface area contributed by atoms with Gasteiger partial charge in [0.2, 0.25) is 5.91 Å². The highest BCUT2D eigenvalue weighted by Gasteiger charge is 2.50. The molecule has 2 heterocycles. The van der Waals surface area contributed by atoms with Crippen LogP contribution in [0.3, 0.4) is 0 Å². The molecule has 238 valence electrons. The molecule has 2 aromatic carbocycles. The summed E-state index contributed by atoms with van der Waals surface area (Å²) in [5, 5.41) is 20.2. The zero-order valence-electron chi connectivity index (χ0n) is 26.2. The topological polar surface area (TPSA) is 141 Å². The number of aliphatic hydroxyl groups excluding tert-OH is 1. The first kappa shape index (κ1) is 33.7. The SMILES string of the molecule is CC(C)(C)NC(=O)[C@H]1N(C(=O)[C@@H](O)[C@H](Cc2ccccc2)NC(=O)c2ccccc2C(=O)NCc2cccnc2)CSC1(C)C. The molecule has 1 saturated heterocycles. The molecule has 1 aliphatic heterocycles. The highest BCUT2D eigenvalue weighted by atomic mass is 32.2. The summed E-state index contributed by atoms with van der Waals surface area (Å²) in [6.07, 6.45) is 1.75. The second kappa shape index (κ2) is 14.3. The van der Waals surface area contributed by atoms with Crippen LogP contribution in [0.4, 0.5) is 0 Å². The van der Waals surface area contributed by atoms with E-state index in [2.05, 4.69) is 20.9 Å². The fourth-order valence-corrected chi connectivity index (χ4v) is 6.35. The maximum absolute atomic E-state index is 13.9. The number of nitrogens with zero attached hydrogens (tertiary/aromatic N) is 2. The molecule has 45 heavy (non-hydrogen) atoms. The van der Waals surface area contributed by atoms with Crippen molar-refractivity contribution in [2.24, 2.45) is 0 Å². The summed E-state index contributed by atoms with van der Waals surface area (Å²) in [6.45, 7) is 9.60. The van der Waals surface area contributed by atoms with Crippen molar-refractivity contribution >= 4 is 35.4 Å². The molecule has 0 bridgehead atoms. The highest BCUT2D eigenvalue weighted by molar-refractivity contribution is 8.00. The Morgan fingerprint density at radius 2 is 1.58 bits per heavy atom. The van der Waals surface area contributed by atoms with Crippen LogP contribution in [0.2, 0.25) is 0 Å². The Kier molecular flexibility index (Phi) is 10.7. The minimum atomic E-state index is -1.67. The number of hydrogen-bond donors (Lipinski definition) is 4. The standard InChI is InChI=1S/C34H41N5O5S/c1-33(2,3)38-31(43)28-34(4,5)45-21-39(28)32(44)27(40)26(18-22-12-7-6-8-13-22)37-30(42)25-16-10-9-15-24(25)29(41)36-20-23-14-11-17-35-19-23/h6-17,19,26-28,40H,18,20-21H2,1-5H3,(H,36,41)(H,37,42)(H,38,43)/t26-,27-,28+/m0/s1. The Hall–Kier alpha value is -4.22. The van der Waals surface area contributed by atoms with Gasteiger partial charge in [0.25, 0.3) is 17.7 Å². The minimum absolute atomic E-state index is 0.0965. The number of amides is 4. The summed E-state index contributed by atoms with van der Waals surface area (Å²) >= 11 is 1.45. The molecule has 3 aromatic rings. The van der Waals surface area contributed by atoms with Crippen molar-refractivity contribution in [3.05, 3.63) is 101 Å². The lowest BCUT2D eigenvalue weighted by atomic mass is 9.96. The van der Waals surface area contributed by atoms with Crippen molar-refractivity contribution in [3.8, 4) is 0 Å². The average molecular weight is 632 g/mol. The van der Waals surface area contributed by atoms with Gasteiger partial charge in [-0.2, -0.15) is 0 Å². The molecule has 10 nitrogen and oxygen atoms in total. The van der Waals surface area contributed by atoms with E-state index in [-0.39, 0.29) is 35.9 Å². The zero-order chi connectivity index (χ0) is 32.8. The molecule has 3 atom stereocenters. The van der Waals surface area contributed by atoms with Gasteiger partial charge in [-0.3, -0.25) is 24.2 Å². The van der Waals surface area contributed by atoms with Crippen molar-refractivity contribution in [1.82, 2.24) is 25.8 Å². The first-order valence-corrected chi connectivity index (χ1v) is 15.8. The average Bonchev–Trinajstić information content (AvgIpc) is 3.33. The van der Waals surface area contributed by atoms with Gasteiger partial charge in [-0.15, -0.1) is 11.8 Å². The molecule has 0 spiro atoms. The molecule has 4 amide bonds. The van der Waals surface area contributed by atoms with Crippen molar-refractivity contribution in [3.63, 3.8) is 0 Å². The lowest BCUT2D eigenvalue weighted by Gasteiger charge is -2.35. The summed E-state index contributed by atoms with van der Waals surface area (Å²) in [5.74, 6) is -1.84. The molecule has 0 radical (unpaired) electrons. The summed E-state index contributed by atoms with van der Waals surface area (Å²) in [7, 11) is 0. The van der Waals surface area contributed by atoms with Gasteiger partial charge in [0.1, 0.15) is 6.04 Å². The molecule has 0 aliphatic carbocycles. The molecule has 1 aromatic heterocycles. The third-order valence-corrected chi connectivity index (χ3v) is 8.79. The number of nitrogens with one attached hydrogen (secondary N) is 3. The molecule has 1 aliphatic rings. The first-order chi connectivity index (χ1) is 21.3. The summed E-state index contributed by atoms with van der Waals surface area (Å²) in [4.78, 5) is 59.6. The maximum atomic E-state index is 13.9. The summed E-state index contributed by atoms with van der Waals surface area (Å²) in [5.41, 5.74) is 1.31. The largest absolute Gasteiger partial charge is 0.381 e. The van der Waals surface area contributed by atoms with Crippen LogP contribution in [0.1, 0.15) is 66.5 Å². The molecule has 4 rings (SSSR count). The number of pyridine rings is 1. The molecule has 1 fully saturated rings. The second-order valence-corrected chi connectivity index (χ2v) is 14.2. The van der Waals surface area contributed by atoms with Gasteiger partial charge in [0, 0.05) is 29.2 Å². The van der Waals surface area contributed by atoms with Gasteiger partial charge in [-0.25, -0.2) is 0 Å². The van der Waals surface area contributed by atoms with E-state index in [4.69, 9.17) is 0 Å².